The van der Waals surface area contributed by atoms with Crippen molar-refractivity contribution >= 4 is 29.0 Å². The van der Waals surface area contributed by atoms with Crippen molar-refractivity contribution in [2.24, 2.45) is 0 Å². The van der Waals surface area contributed by atoms with E-state index in [9.17, 15) is 9.59 Å². The highest BCUT2D eigenvalue weighted by atomic mass is 35.5. The van der Waals surface area contributed by atoms with Crippen LogP contribution >= 0.6 is 11.6 Å². The Balaban J connectivity index is 1.76. The normalized spacial score (nSPS) is 27.1. The molecule has 2 atom stereocenters. The summed E-state index contributed by atoms with van der Waals surface area (Å²) in [7, 11) is 0. The molecule has 0 bridgehead atoms. The lowest BCUT2D eigenvalue weighted by Crippen LogP contribution is -2.48. The number of amides is 2. The molecule has 1 aliphatic carbocycles. The van der Waals surface area contributed by atoms with E-state index in [-0.39, 0.29) is 30.1 Å². The Bertz CT molecular complexity index is 789. The second kappa shape index (κ2) is 7.88. The fourth-order valence-corrected chi connectivity index (χ4v) is 4.86. The summed E-state index contributed by atoms with van der Waals surface area (Å²) in [5.41, 5.74) is 1.79. The zero-order valence-corrected chi connectivity index (χ0v) is 17.2. The largest absolute Gasteiger partial charge is 0.372 e. The minimum Gasteiger partial charge on any atom is -0.372 e. The van der Waals surface area contributed by atoms with Crippen molar-refractivity contribution in [1.29, 1.82) is 0 Å². The molecule has 1 saturated carbocycles. The molecule has 2 amide bonds. The van der Waals surface area contributed by atoms with Gasteiger partial charge < -0.3 is 9.64 Å². The first-order valence-electron chi connectivity index (χ1n) is 10.2. The highest BCUT2D eigenvalue weighted by Gasteiger charge is 2.45. The van der Waals surface area contributed by atoms with E-state index in [1.54, 1.807) is 12.1 Å². The van der Waals surface area contributed by atoms with Gasteiger partial charge in [0.05, 0.1) is 17.8 Å². The smallest absolute Gasteiger partial charge is 0.278 e. The fraction of sp³-hybridized carbons (Fsp3) is 0.545. The van der Waals surface area contributed by atoms with Gasteiger partial charge in [0, 0.05) is 24.2 Å². The van der Waals surface area contributed by atoms with Crippen LogP contribution in [0.5, 0.6) is 0 Å². The average molecular weight is 403 g/mol. The number of hydrogen-bond donors (Lipinski definition) is 0. The first-order valence-corrected chi connectivity index (χ1v) is 10.6. The highest BCUT2D eigenvalue weighted by molar-refractivity contribution is 6.36. The summed E-state index contributed by atoms with van der Waals surface area (Å²) in [5.74, 6) is -0.316. The fourth-order valence-electron chi connectivity index (χ4n) is 4.74. The molecule has 0 N–H and O–H groups in total. The van der Waals surface area contributed by atoms with E-state index < -0.39 is 0 Å². The van der Waals surface area contributed by atoms with Gasteiger partial charge in [-0.05, 0) is 44.4 Å². The third-order valence-corrected chi connectivity index (χ3v) is 6.15. The minimum atomic E-state index is -0.166. The number of carbonyl (C=O) groups is 2. The number of nitrogens with zero attached hydrogens (tertiary/aromatic N) is 2. The summed E-state index contributed by atoms with van der Waals surface area (Å²) in [6.45, 7) is 5.22. The molecule has 0 aromatic heterocycles. The van der Waals surface area contributed by atoms with Crippen LogP contribution in [0.1, 0.15) is 51.5 Å². The molecule has 1 aromatic rings. The van der Waals surface area contributed by atoms with Gasteiger partial charge in [-0.15, -0.1) is 0 Å². The maximum atomic E-state index is 13.5. The number of carbonyl (C=O) groups excluding carboxylic acids is 2. The van der Waals surface area contributed by atoms with Crippen LogP contribution < -0.4 is 0 Å². The Labute approximate surface area is 171 Å². The highest BCUT2D eigenvalue weighted by Crippen LogP contribution is 2.37. The van der Waals surface area contributed by atoms with Crippen LogP contribution in [0.3, 0.4) is 0 Å². The third-order valence-electron chi connectivity index (χ3n) is 5.90. The SMILES string of the molecule is CC1CN(C2=C(c3ccc(Cl)cc3)C(=O)N(C3CCCCC3)C2=O)CC(C)O1. The lowest BCUT2D eigenvalue weighted by Gasteiger charge is -2.37. The molecular weight excluding hydrogens is 376 g/mol. The number of hydrogen-bond acceptors (Lipinski definition) is 4. The molecule has 6 heteroatoms. The predicted octanol–water partition coefficient (Wildman–Crippen LogP) is 3.86. The lowest BCUT2D eigenvalue weighted by molar-refractivity contribution is -0.141. The van der Waals surface area contributed by atoms with E-state index in [1.165, 1.54) is 11.3 Å². The molecular formula is C22H27ClN2O3. The summed E-state index contributed by atoms with van der Waals surface area (Å²) < 4.78 is 5.85. The second-order valence-corrected chi connectivity index (χ2v) is 8.60. The Morgan fingerprint density at radius 3 is 2.14 bits per heavy atom. The summed E-state index contributed by atoms with van der Waals surface area (Å²) in [4.78, 5) is 30.6. The molecule has 5 nitrogen and oxygen atoms in total. The molecule has 2 aliphatic heterocycles. The Kier molecular flexibility index (Phi) is 5.48. The van der Waals surface area contributed by atoms with Crippen molar-refractivity contribution in [1.82, 2.24) is 9.80 Å². The van der Waals surface area contributed by atoms with Gasteiger partial charge in [-0.3, -0.25) is 14.5 Å². The topological polar surface area (TPSA) is 49.9 Å². The van der Waals surface area contributed by atoms with Crippen LogP contribution in [0.4, 0.5) is 0 Å². The Hall–Kier alpha value is -1.85. The number of imide groups is 1. The number of rotatable bonds is 3. The van der Waals surface area contributed by atoms with Crippen LogP contribution in [0.15, 0.2) is 30.0 Å². The third kappa shape index (κ3) is 3.58. The zero-order valence-electron chi connectivity index (χ0n) is 16.5. The predicted molar refractivity (Wildman–Crippen MR) is 109 cm³/mol. The molecule has 2 unspecified atom stereocenters. The van der Waals surface area contributed by atoms with Crippen molar-refractivity contribution in [3.05, 3.63) is 40.5 Å². The molecule has 28 heavy (non-hydrogen) atoms. The van der Waals surface area contributed by atoms with E-state index in [2.05, 4.69) is 0 Å². The van der Waals surface area contributed by atoms with Gasteiger partial charge in [0.1, 0.15) is 5.70 Å². The monoisotopic (exact) mass is 402 g/mol. The summed E-state index contributed by atoms with van der Waals surface area (Å²) in [6.07, 6.45) is 5.13. The molecule has 2 fully saturated rings. The number of ether oxygens (including phenoxy) is 1. The quantitative estimate of drug-likeness (QED) is 0.720. The summed E-state index contributed by atoms with van der Waals surface area (Å²) in [6, 6.07) is 7.21. The minimum absolute atomic E-state index is 0.00411. The van der Waals surface area contributed by atoms with E-state index in [4.69, 9.17) is 16.3 Å². The van der Waals surface area contributed by atoms with Gasteiger partial charge in [-0.25, -0.2) is 0 Å². The van der Waals surface area contributed by atoms with Gasteiger partial charge >= 0.3 is 0 Å². The molecule has 0 spiro atoms. The molecule has 1 aromatic carbocycles. The van der Waals surface area contributed by atoms with Crippen LogP contribution in [-0.2, 0) is 14.3 Å². The van der Waals surface area contributed by atoms with Crippen LogP contribution in [-0.4, -0.2) is 53.0 Å². The average Bonchev–Trinajstić information content (AvgIpc) is 2.93. The zero-order chi connectivity index (χ0) is 19.8. The first-order chi connectivity index (χ1) is 13.5. The van der Waals surface area contributed by atoms with Gasteiger partial charge in [0.25, 0.3) is 11.8 Å². The molecule has 4 rings (SSSR count). The van der Waals surface area contributed by atoms with Crippen molar-refractivity contribution in [3.63, 3.8) is 0 Å². The summed E-state index contributed by atoms with van der Waals surface area (Å²) in [5, 5.41) is 0.612. The van der Waals surface area contributed by atoms with Gasteiger partial charge in [-0.1, -0.05) is 43.0 Å². The maximum Gasteiger partial charge on any atom is 0.278 e. The maximum absolute atomic E-state index is 13.5. The Morgan fingerprint density at radius 1 is 0.929 bits per heavy atom. The van der Waals surface area contributed by atoms with E-state index in [1.807, 2.05) is 30.9 Å². The molecule has 2 heterocycles. The molecule has 3 aliphatic rings. The Morgan fingerprint density at radius 2 is 1.54 bits per heavy atom. The standard InChI is InChI=1S/C22H27ClN2O3/c1-14-12-24(13-15(2)28-14)20-19(16-8-10-17(23)11-9-16)21(26)25(22(20)27)18-6-4-3-5-7-18/h8-11,14-15,18H,3-7,12-13H2,1-2H3. The first kappa shape index (κ1) is 19.5. The molecule has 150 valence electrons. The van der Waals surface area contributed by atoms with E-state index >= 15 is 0 Å². The lowest BCUT2D eigenvalue weighted by atomic mass is 9.94. The van der Waals surface area contributed by atoms with Crippen molar-refractivity contribution < 1.29 is 14.3 Å². The van der Waals surface area contributed by atoms with Crippen LogP contribution in [0.25, 0.3) is 5.57 Å². The van der Waals surface area contributed by atoms with Crippen LogP contribution in [0.2, 0.25) is 5.02 Å². The van der Waals surface area contributed by atoms with Crippen molar-refractivity contribution in [3.8, 4) is 0 Å². The van der Waals surface area contributed by atoms with Crippen molar-refractivity contribution in [2.45, 2.75) is 64.2 Å². The van der Waals surface area contributed by atoms with E-state index in [0.29, 0.717) is 29.4 Å². The molecule has 1 saturated heterocycles. The summed E-state index contributed by atoms with van der Waals surface area (Å²) >= 11 is 6.05. The van der Waals surface area contributed by atoms with Crippen molar-refractivity contribution in [2.75, 3.05) is 13.1 Å². The second-order valence-electron chi connectivity index (χ2n) is 8.16. The van der Waals surface area contributed by atoms with Crippen LogP contribution in [0, 0.1) is 0 Å². The number of halogens is 1. The van der Waals surface area contributed by atoms with Gasteiger partial charge in [0.15, 0.2) is 0 Å². The van der Waals surface area contributed by atoms with Gasteiger partial charge in [-0.2, -0.15) is 0 Å². The van der Waals surface area contributed by atoms with E-state index in [0.717, 1.165) is 31.2 Å². The molecule has 0 radical (unpaired) electrons. The number of benzene rings is 1. The number of morpholine rings is 1. The van der Waals surface area contributed by atoms with Gasteiger partial charge in [0.2, 0.25) is 0 Å².